The molecule has 0 atom stereocenters. The molecular weight excluding hydrogens is 312 g/mol. The second kappa shape index (κ2) is 5.83. The Morgan fingerprint density at radius 3 is 2.52 bits per heavy atom. The predicted molar refractivity (Wildman–Crippen MR) is 103 cm³/mol. The highest BCUT2D eigenvalue weighted by atomic mass is 16.1. The van der Waals surface area contributed by atoms with Crippen LogP contribution in [0.4, 0.5) is 5.69 Å². The summed E-state index contributed by atoms with van der Waals surface area (Å²) < 4.78 is 1.99. The minimum Gasteiger partial charge on any atom is -0.370 e. The van der Waals surface area contributed by atoms with Gasteiger partial charge in [-0.2, -0.15) is 0 Å². The van der Waals surface area contributed by atoms with Gasteiger partial charge in [-0.05, 0) is 42.0 Å². The van der Waals surface area contributed by atoms with Crippen molar-refractivity contribution in [2.45, 2.75) is 45.1 Å². The molecule has 0 amide bonds. The van der Waals surface area contributed by atoms with Gasteiger partial charge in [-0.3, -0.25) is 4.57 Å². The fourth-order valence-corrected chi connectivity index (χ4v) is 3.84. The van der Waals surface area contributed by atoms with E-state index in [1.165, 1.54) is 11.3 Å². The average molecular weight is 338 g/mol. The van der Waals surface area contributed by atoms with Crippen molar-refractivity contribution < 1.29 is 0 Å². The Hall–Kier alpha value is -2.43. The summed E-state index contributed by atoms with van der Waals surface area (Å²) in [4.78, 5) is 21.1. The van der Waals surface area contributed by atoms with Gasteiger partial charge in [-0.15, -0.1) is 0 Å². The van der Waals surface area contributed by atoms with Crippen LogP contribution in [0.25, 0.3) is 11.0 Å². The van der Waals surface area contributed by atoms with Crippen molar-refractivity contribution in [3.05, 3.63) is 52.7 Å². The molecule has 5 nitrogen and oxygen atoms in total. The van der Waals surface area contributed by atoms with Crippen LogP contribution in [0.2, 0.25) is 0 Å². The number of nitrogens with one attached hydrogen (secondary N) is 2. The number of rotatable bonds is 2. The fraction of sp³-hybridized carbons (Fsp3) is 0.450. The zero-order valence-electron chi connectivity index (χ0n) is 15.2. The average Bonchev–Trinajstić information content (AvgIpc) is 3.20. The second-order valence-electron chi connectivity index (χ2n) is 8.07. The van der Waals surface area contributed by atoms with Crippen molar-refractivity contribution in [1.82, 2.24) is 14.5 Å². The number of aromatic nitrogens is 3. The van der Waals surface area contributed by atoms with Crippen LogP contribution < -0.4 is 10.6 Å². The number of piperidine rings is 1. The first-order valence-corrected chi connectivity index (χ1v) is 9.06. The van der Waals surface area contributed by atoms with Crippen molar-refractivity contribution in [3.8, 4) is 0 Å². The van der Waals surface area contributed by atoms with E-state index in [2.05, 4.69) is 53.8 Å². The maximum Gasteiger partial charge on any atom is 0.326 e. The summed E-state index contributed by atoms with van der Waals surface area (Å²) in [7, 11) is 0. The first-order chi connectivity index (χ1) is 11.9. The highest BCUT2D eigenvalue weighted by molar-refractivity contribution is 5.76. The van der Waals surface area contributed by atoms with E-state index in [-0.39, 0.29) is 17.1 Å². The van der Waals surface area contributed by atoms with Gasteiger partial charge in [0.05, 0.1) is 16.7 Å². The molecule has 0 bridgehead atoms. The molecule has 0 saturated carbocycles. The Morgan fingerprint density at radius 1 is 1.12 bits per heavy atom. The van der Waals surface area contributed by atoms with Gasteiger partial charge < -0.3 is 14.9 Å². The minimum atomic E-state index is 0.0150. The molecule has 132 valence electrons. The third kappa shape index (κ3) is 2.88. The van der Waals surface area contributed by atoms with Crippen LogP contribution in [0.1, 0.15) is 45.2 Å². The quantitative estimate of drug-likeness (QED) is 0.747. The Kier molecular flexibility index (Phi) is 3.74. The second-order valence-corrected chi connectivity index (χ2v) is 8.07. The van der Waals surface area contributed by atoms with Gasteiger partial charge in [0.2, 0.25) is 0 Å². The molecule has 0 radical (unpaired) electrons. The number of fused-ring (bicyclic) bond motifs is 1. The van der Waals surface area contributed by atoms with Crippen LogP contribution in [0, 0.1) is 0 Å². The van der Waals surface area contributed by atoms with E-state index in [0.717, 1.165) is 37.0 Å². The molecule has 2 N–H and O–H groups in total. The van der Waals surface area contributed by atoms with E-state index in [9.17, 15) is 4.79 Å². The molecule has 2 aromatic heterocycles. The lowest BCUT2D eigenvalue weighted by molar-refractivity contribution is 0.396. The number of H-pyrrole nitrogens is 2. The zero-order chi connectivity index (χ0) is 17.6. The van der Waals surface area contributed by atoms with Crippen molar-refractivity contribution in [2.75, 3.05) is 18.0 Å². The summed E-state index contributed by atoms with van der Waals surface area (Å²) in [6, 6.07) is 8.71. The van der Waals surface area contributed by atoms with Crippen LogP contribution in [0.5, 0.6) is 0 Å². The highest BCUT2D eigenvalue weighted by Crippen LogP contribution is 2.30. The third-order valence-electron chi connectivity index (χ3n) is 5.36. The zero-order valence-corrected chi connectivity index (χ0v) is 15.2. The first-order valence-electron chi connectivity index (χ1n) is 9.06. The lowest BCUT2D eigenvalue weighted by atomic mass is 9.87. The standard InChI is InChI=1S/C20H26N4O/c1-20(2,3)14-4-5-17-18(12-14)24(19(25)22-17)15-7-10-23(11-8-15)16-6-9-21-13-16/h4-6,9,12-13,15,21H,7-8,10-11H2,1-3H3,(H,22,25). The maximum absolute atomic E-state index is 12.6. The number of imidazole rings is 1. The van der Waals surface area contributed by atoms with E-state index in [1.54, 1.807) is 0 Å². The molecule has 1 aliphatic rings. The van der Waals surface area contributed by atoms with Gasteiger partial charge in [0.1, 0.15) is 0 Å². The molecule has 3 aromatic rings. The fourth-order valence-electron chi connectivity index (χ4n) is 3.84. The molecular formula is C20H26N4O. The molecule has 0 aliphatic carbocycles. The van der Waals surface area contributed by atoms with E-state index < -0.39 is 0 Å². The molecule has 1 aliphatic heterocycles. The molecule has 1 aromatic carbocycles. The Morgan fingerprint density at radius 2 is 1.88 bits per heavy atom. The number of nitrogens with zero attached hydrogens (tertiary/aromatic N) is 2. The van der Waals surface area contributed by atoms with Crippen molar-refractivity contribution in [1.29, 1.82) is 0 Å². The summed E-state index contributed by atoms with van der Waals surface area (Å²) >= 11 is 0. The van der Waals surface area contributed by atoms with E-state index in [0.29, 0.717) is 0 Å². The Labute approximate surface area is 147 Å². The lowest BCUT2D eigenvalue weighted by Gasteiger charge is -2.33. The Balaban J connectivity index is 1.65. The van der Waals surface area contributed by atoms with Crippen LogP contribution in [0.15, 0.2) is 41.5 Å². The van der Waals surface area contributed by atoms with Crippen LogP contribution >= 0.6 is 0 Å². The Bertz CT molecular complexity index is 919. The van der Waals surface area contributed by atoms with Crippen molar-refractivity contribution in [2.24, 2.45) is 0 Å². The molecule has 1 saturated heterocycles. The number of aromatic amines is 2. The molecule has 3 heterocycles. The van der Waals surface area contributed by atoms with E-state index >= 15 is 0 Å². The molecule has 1 fully saturated rings. The maximum atomic E-state index is 12.6. The molecule has 0 unspecified atom stereocenters. The van der Waals surface area contributed by atoms with Crippen molar-refractivity contribution >= 4 is 16.7 Å². The van der Waals surface area contributed by atoms with Gasteiger partial charge in [0, 0.05) is 31.5 Å². The van der Waals surface area contributed by atoms with Gasteiger partial charge >= 0.3 is 5.69 Å². The van der Waals surface area contributed by atoms with Gasteiger partial charge in [0.15, 0.2) is 0 Å². The monoisotopic (exact) mass is 338 g/mol. The van der Waals surface area contributed by atoms with Crippen LogP contribution in [-0.2, 0) is 5.41 Å². The summed E-state index contributed by atoms with van der Waals surface area (Å²) in [6.07, 6.45) is 5.96. The summed E-state index contributed by atoms with van der Waals surface area (Å²) in [5.74, 6) is 0. The number of anilines is 1. The largest absolute Gasteiger partial charge is 0.370 e. The summed E-state index contributed by atoms with van der Waals surface area (Å²) in [5, 5.41) is 0. The molecule has 25 heavy (non-hydrogen) atoms. The normalized spacial score (nSPS) is 16.7. The van der Waals surface area contributed by atoms with Crippen LogP contribution in [0.3, 0.4) is 0 Å². The SMILES string of the molecule is CC(C)(C)c1ccc2[nH]c(=O)n(C3CCN(c4cc[nH]c4)CC3)c2c1. The van der Waals surface area contributed by atoms with Crippen molar-refractivity contribution in [3.63, 3.8) is 0 Å². The molecule has 0 spiro atoms. The highest BCUT2D eigenvalue weighted by Gasteiger charge is 2.24. The van der Waals surface area contributed by atoms with Gasteiger partial charge in [-0.25, -0.2) is 4.79 Å². The van der Waals surface area contributed by atoms with Gasteiger partial charge in [-0.1, -0.05) is 26.8 Å². The molecule has 4 rings (SSSR count). The van der Waals surface area contributed by atoms with Crippen LogP contribution in [-0.4, -0.2) is 27.6 Å². The topological polar surface area (TPSA) is 56.8 Å². The van der Waals surface area contributed by atoms with E-state index in [4.69, 9.17) is 0 Å². The summed E-state index contributed by atoms with van der Waals surface area (Å²) in [6.45, 7) is 8.57. The smallest absolute Gasteiger partial charge is 0.326 e. The first kappa shape index (κ1) is 16.1. The van der Waals surface area contributed by atoms with E-state index in [1.807, 2.05) is 23.0 Å². The van der Waals surface area contributed by atoms with Gasteiger partial charge in [0.25, 0.3) is 0 Å². The summed E-state index contributed by atoms with van der Waals surface area (Å²) in [5.41, 5.74) is 4.56. The lowest BCUT2D eigenvalue weighted by Crippen LogP contribution is -2.36. The number of hydrogen-bond donors (Lipinski definition) is 2. The predicted octanol–water partition coefficient (Wildman–Crippen LogP) is 3.80. The minimum absolute atomic E-state index is 0.0150. The number of hydrogen-bond acceptors (Lipinski definition) is 2. The number of benzene rings is 1. The molecule has 5 heteroatoms. The third-order valence-corrected chi connectivity index (χ3v) is 5.36.